The normalized spacial score (nSPS) is 18.5. The van der Waals surface area contributed by atoms with Crippen molar-refractivity contribution >= 4 is 5.91 Å². The van der Waals surface area contributed by atoms with E-state index in [1.807, 2.05) is 0 Å². The van der Waals surface area contributed by atoms with Crippen LogP contribution < -0.4 is 5.73 Å². The van der Waals surface area contributed by atoms with Crippen molar-refractivity contribution in [3.63, 3.8) is 0 Å². The van der Waals surface area contributed by atoms with Gasteiger partial charge in [-0.05, 0) is 25.1 Å². The molecule has 106 valence electrons. The van der Waals surface area contributed by atoms with Crippen molar-refractivity contribution in [1.82, 2.24) is 9.80 Å². The molecule has 1 aromatic rings. The van der Waals surface area contributed by atoms with Crippen LogP contribution in [0.2, 0.25) is 0 Å². The van der Waals surface area contributed by atoms with E-state index >= 15 is 0 Å². The Labute approximate surface area is 112 Å². The van der Waals surface area contributed by atoms with E-state index in [1.165, 1.54) is 6.26 Å². The highest BCUT2D eigenvalue weighted by Gasteiger charge is 2.24. The molecule has 2 heterocycles. The SMILES string of the molecule is NCCC(O)CN1CCN(C(=O)c2ccco2)CC1. The van der Waals surface area contributed by atoms with Crippen LogP contribution in [0.1, 0.15) is 17.0 Å². The maximum atomic E-state index is 12.0. The summed E-state index contributed by atoms with van der Waals surface area (Å²) in [5.41, 5.74) is 5.41. The number of aliphatic hydroxyl groups is 1. The number of nitrogens with zero attached hydrogens (tertiary/aromatic N) is 2. The molecule has 2 rings (SSSR count). The summed E-state index contributed by atoms with van der Waals surface area (Å²) in [6, 6.07) is 3.40. The van der Waals surface area contributed by atoms with Gasteiger partial charge >= 0.3 is 0 Å². The quantitative estimate of drug-likeness (QED) is 0.768. The number of carbonyl (C=O) groups excluding carboxylic acids is 1. The Balaban J connectivity index is 1.78. The molecular formula is C13H21N3O3. The van der Waals surface area contributed by atoms with E-state index in [-0.39, 0.29) is 12.0 Å². The number of β-amino-alcohol motifs (C(OH)–C–C–N with tert-alkyl or cyclic N) is 1. The number of carbonyl (C=O) groups is 1. The van der Waals surface area contributed by atoms with E-state index < -0.39 is 0 Å². The van der Waals surface area contributed by atoms with Crippen LogP contribution in [0.4, 0.5) is 0 Å². The third-order valence-corrected chi connectivity index (χ3v) is 3.36. The molecule has 1 unspecified atom stereocenters. The molecule has 6 nitrogen and oxygen atoms in total. The molecule has 0 aliphatic carbocycles. The first kappa shape index (κ1) is 14.0. The number of rotatable bonds is 5. The van der Waals surface area contributed by atoms with Crippen LogP contribution in [0.15, 0.2) is 22.8 Å². The molecule has 1 aliphatic heterocycles. The van der Waals surface area contributed by atoms with E-state index in [2.05, 4.69) is 4.90 Å². The predicted molar refractivity (Wildman–Crippen MR) is 70.7 cm³/mol. The van der Waals surface area contributed by atoms with Crippen LogP contribution in [0.25, 0.3) is 0 Å². The van der Waals surface area contributed by atoms with Crippen molar-refractivity contribution in [2.45, 2.75) is 12.5 Å². The lowest BCUT2D eigenvalue weighted by atomic mass is 10.2. The van der Waals surface area contributed by atoms with Crippen LogP contribution in [0, 0.1) is 0 Å². The Morgan fingerprint density at radius 3 is 2.74 bits per heavy atom. The molecule has 1 aliphatic rings. The van der Waals surface area contributed by atoms with Crippen LogP contribution in [-0.4, -0.2) is 66.2 Å². The largest absolute Gasteiger partial charge is 0.459 e. The Bertz CT molecular complexity index is 386. The van der Waals surface area contributed by atoms with Crippen molar-refractivity contribution in [2.75, 3.05) is 39.3 Å². The zero-order chi connectivity index (χ0) is 13.7. The monoisotopic (exact) mass is 267 g/mol. The van der Waals surface area contributed by atoms with Crippen molar-refractivity contribution in [2.24, 2.45) is 5.73 Å². The minimum absolute atomic E-state index is 0.0628. The third-order valence-electron chi connectivity index (χ3n) is 3.36. The van der Waals surface area contributed by atoms with Gasteiger partial charge in [-0.3, -0.25) is 9.69 Å². The summed E-state index contributed by atoms with van der Waals surface area (Å²) in [5.74, 6) is 0.323. The number of hydrogen-bond donors (Lipinski definition) is 2. The maximum Gasteiger partial charge on any atom is 0.289 e. The average Bonchev–Trinajstić information content (AvgIpc) is 2.93. The van der Waals surface area contributed by atoms with E-state index in [0.29, 0.717) is 38.4 Å². The van der Waals surface area contributed by atoms with Gasteiger partial charge in [0, 0.05) is 32.7 Å². The van der Waals surface area contributed by atoms with Gasteiger partial charge < -0.3 is 20.2 Å². The molecule has 3 N–H and O–H groups in total. The van der Waals surface area contributed by atoms with Gasteiger partial charge in [0.1, 0.15) is 0 Å². The van der Waals surface area contributed by atoms with Crippen molar-refractivity contribution in [3.8, 4) is 0 Å². The highest BCUT2D eigenvalue weighted by atomic mass is 16.3. The van der Waals surface area contributed by atoms with Crippen molar-refractivity contribution < 1.29 is 14.3 Å². The summed E-state index contributed by atoms with van der Waals surface area (Å²) >= 11 is 0. The van der Waals surface area contributed by atoms with Crippen molar-refractivity contribution in [1.29, 1.82) is 0 Å². The maximum absolute atomic E-state index is 12.0. The summed E-state index contributed by atoms with van der Waals surface area (Å²) in [6.07, 6.45) is 1.75. The zero-order valence-electron chi connectivity index (χ0n) is 11.0. The molecule has 0 aromatic carbocycles. The van der Waals surface area contributed by atoms with E-state index in [0.717, 1.165) is 13.1 Å². The second-order valence-corrected chi connectivity index (χ2v) is 4.80. The van der Waals surface area contributed by atoms with Gasteiger partial charge in [-0.1, -0.05) is 0 Å². The molecule has 1 amide bonds. The van der Waals surface area contributed by atoms with Crippen molar-refractivity contribution in [3.05, 3.63) is 24.2 Å². The average molecular weight is 267 g/mol. The molecule has 1 fully saturated rings. The zero-order valence-corrected chi connectivity index (χ0v) is 11.0. The number of hydrogen-bond acceptors (Lipinski definition) is 5. The smallest absolute Gasteiger partial charge is 0.289 e. The summed E-state index contributed by atoms with van der Waals surface area (Å²) in [6.45, 7) is 3.99. The molecule has 6 heteroatoms. The molecule has 1 atom stereocenters. The molecule has 1 saturated heterocycles. The fourth-order valence-corrected chi connectivity index (χ4v) is 2.27. The van der Waals surface area contributed by atoms with Crippen LogP contribution in [0.3, 0.4) is 0 Å². The standard InChI is InChI=1S/C13H21N3O3/c14-4-3-11(17)10-15-5-7-16(8-6-15)13(18)12-2-1-9-19-12/h1-2,9,11,17H,3-8,10,14H2. The van der Waals surface area contributed by atoms with E-state index in [1.54, 1.807) is 17.0 Å². The summed E-state index contributed by atoms with van der Waals surface area (Å²) in [4.78, 5) is 16.0. The number of furan rings is 1. The molecule has 0 saturated carbocycles. The minimum Gasteiger partial charge on any atom is -0.459 e. The fraction of sp³-hybridized carbons (Fsp3) is 0.615. The molecule has 0 radical (unpaired) electrons. The molecule has 1 aromatic heterocycles. The molecular weight excluding hydrogens is 246 g/mol. The molecule has 19 heavy (non-hydrogen) atoms. The second kappa shape index (κ2) is 6.70. The number of aliphatic hydroxyl groups excluding tert-OH is 1. The molecule has 0 spiro atoms. The van der Waals surface area contributed by atoms with E-state index in [4.69, 9.17) is 10.2 Å². The first-order valence-electron chi connectivity index (χ1n) is 6.64. The number of amides is 1. The first-order chi connectivity index (χ1) is 9.20. The van der Waals surface area contributed by atoms with Gasteiger partial charge in [0.25, 0.3) is 5.91 Å². The topological polar surface area (TPSA) is 82.9 Å². The predicted octanol–water partition coefficient (Wildman–Crippen LogP) is -0.253. The van der Waals surface area contributed by atoms with Gasteiger partial charge in [-0.2, -0.15) is 0 Å². The third kappa shape index (κ3) is 3.79. The van der Waals surface area contributed by atoms with Gasteiger partial charge in [0.05, 0.1) is 12.4 Å². The Kier molecular flexibility index (Phi) is 4.95. The second-order valence-electron chi connectivity index (χ2n) is 4.80. The molecule has 0 bridgehead atoms. The summed E-state index contributed by atoms with van der Waals surface area (Å²) < 4.78 is 5.11. The van der Waals surface area contributed by atoms with Gasteiger partial charge in [0.2, 0.25) is 0 Å². The van der Waals surface area contributed by atoms with Gasteiger partial charge in [0.15, 0.2) is 5.76 Å². The highest BCUT2D eigenvalue weighted by Crippen LogP contribution is 2.09. The lowest BCUT2D eigenvalue weighted by Gasteiger charge is -2.35. The highest BCUT2D eigenvalue weighted by molar-refractivity contribution is 5.91. The minimum atomic E-state index is -0.377. The summed E-state index contributed by atoms with van der Waals surface area (Å²) in [7, 11) is 0. The van der Waals surface area contributed by atoms with Gasteiger partial charge in [-0.15, -0.1) is 0 Å². The lowest BCUT2D eigenvalue weighted by Crippen LogP contribution is -2.50. The van der Waals surface area contributed by atoms with E-state index in [9.17, 15) is 9.90 Å². The number of piperazine rings is 1. The Hall–Kier alpha value is -1.37. The number of nitrogens with two attached hydrogens (primary N) is 1. The van der Waals surface area contributed by atoms with Crippen LogP contribution in [-0.2, 0) is 0 Å². The van der Waals surface area contributed by atoms with Crippen LogP contribution in [0.5, 0.6) is 0 Å². The Morgan fingerprint density at radius 2 is 2.16 bits per heavy atom. The van der Waals surface area contributed by atoms with Crippen LogP contribution >= 0.6 is 0 Å². The summed E-state index contributed by atoms with van der Waals surface area (Å²) in [5, 5.41) is 9.71. The Morgan fingerprint density at radius 1 is 1.42 bits per heavy atom. The lowest BCUT2D eigenvalue weighted by molar-refractivity contribution is 0.0496. The fourth-order valence-electron chi connectivity index (χ4n) is 2.27. The van der Waals surface area contributed by atoms with Gasteiger partial charge in [-0.25, -0.2) is 0 Å². The first-order valence-corrected chi connectivity index (χ1v) is 6.64.